The summed E-state index contributed by atoms with van der Waals surface area (Å²) in [6.07, 6.45) is 56.7. The van der Waals surface area contributed by atoms with Gasteiger partial charge in [-0.25, -0.2) is 0 Å². The molecule has 0 heterocycles. The minimum atomic E-state index is -0.772. The van der Waals surface area contributed by atoms with Crippen LogP contribution >= 0.6 is 0 Å². The minimum absolute atomic E-state index is 0.0749. The fourth-order valence-electron chi connectivity index (χ4n) is 7.08. The van der Waals surface area contributed by atoms with Crippen molar-refractivity contribution >= 4 is 17.9 Å². The number of unbranched alkanes of at least 4 members (excludes halogenated alkanes) is 26. The van der Waals surface area contributed by atoms with Gasteiger partial charge in [0.2, 0.25) is 0 Å². The van der Waals surface area contributed by atoms with Crippen LogP contribution in [0.2, 0.25) is 0 Å². The molecule has 0 aliphatic rings. The van der Waals surface area contributed by atoms with Crippen molar-refractivity contribution in [3.8, 4) is 0 Å². The largest absolute Gasteiger partial charge is 0.462 e. The molecule has 59 heavy (non-hydrogen) atoms. The Balaban J connectivity index is 4.30. The van der Waals surface area contributed by atoms with Crippen molar-refractivity contribution in [3.63, 3.8) is 0 Å². The molecule has 0 radical (unpaired) electrons. The molecule has 1 unspecified atom stereocenters. The average Bonchev–Trinajstić information content (AvgIpc) is 3.23. The van der Waals surface area contributed by atoms with E-state index in [1.807, 2.05) is 0 Å². The van der Waals surface area contributed by atoms with E-state index in [0.717, 1.165) is 89.9 Å². The van der Waals surface area contributed by atoms with Crippen LogP contribution in [0.5, 0.6) is 0 Å². The van der Waals surface area contributed by atoms with E-state index in [9.17, 15) is 14.4 Å². The third kappa shape index (κ3) is 46.3. The van der Waals surface area contributed by atoms with Gasteiger partial charge in [-0.05, 0) is 57.8 Å². The third-order valence-corrected chi connectivity index (χ3v) is 10.8. The van der Waals surface area contributed by atoms with Crippen molar-refractivity contribution in [2.75, 3.05) is 13.2 Å². The summed E-state index contributed by atoms with van der Waals surface area (Å²) in [4.78, 5) is 37.8. The first kappa shape index (κ1) is 56.4. The van der Waals surface area contributed by atoms with Crippen LogP contribution in [0.3, 0.4) is 0 Å². The lowest BCUT2D eigenvalue weighted by atomic mass is 10.0. The Bertz CT molecular complexity index is 1040. The van der Waals surface area contributed by atoms with Crippen LogP contribution in [0.1, 0.15) is 252 Å². The maximum absolute atomic E-state index is 12.7. The van der Waals surface area contributed by atoms with Gasteiger partial charge in [0.15, 0.2) is 6.10 Å². The van der Waals surface area contributed by atoms with Crippen molar-refractivity contribution in [3.05, 3.63) is 48.6 Å². The highest BCUT2D eigenvalue weighted by Crippen LogP contribution is 2.15. The quantitative estimate of drug-likeness (QED) is 0.0263. The van der Waals surface area contributed by atoms with Gasteiger partial charge < -0.3 is 14.2 Å². The summed E-state index contributed by atoms with van der Waals surface area (Å²) < 4.78 is 16.7. The van der Waals surface area contributed by atoms with Gasteiger partial charge in [-0.15, -0.1) is 0 Å². The van der Waals surface area contributed by atoms with E-state index < -0.39 is 6.10 Å². The SMILES string of the molecule is CC/C=C\C/C=C\C/C=C\C/C=C\CCCCCCCCC(=O)OCC(COC(=O)CCCCCCCCCC)OC(=O)CCCCCCCCCCCCCCCC. The maximum atomic E-state index is 12.7. The molecule has 0 aromatic rings. The van der Waals surface area contributed by atoms with E-state index in [1.54, 1.807) is 0 Å². The zero-order valence-electron chi connectivity index (χ0n) is 39.0. The van der Waals surface area contributed by atoms with Gasteiger partial charge in [0.05, 0.1) is 0 Å². The Morgan fingerprint density at radius 1 is 0.356 bits per heavy atom. The summed E-state index contributed by atoms with van der Waals surface area (Å²) in [5, 5.41) is 0. The van der Waals surface area contributed by atoms with Crippen molar-refractivity contribution in [1.29, 1.82) is 0 Å². The Morgan fingerprint density at radius 3 is 1.03 bits per heavy atom. The molecule has 0 fully saturated rings. The Hall–Kier alpha value is -2.63. The molecular weight excluding hydrogens is 733 g/mol. The average molecular weight is 827 g/mol. The number of ether oxygens (including phenoxy) is 3. The molecule has 6 nitrogen and oxygen atoms in total. The molecular formula is C53H94O6. The predicted molar refractivity (Wildman–Crippen MR) is 252 cm³/mol. The second kappa shape index (κ2) is 48.0. The molecule has 0 aromatic heterocycles. The third-order valence-electron chi connectivity index (χ3n) is 10.8. The fraction of sp³-hybridized carbons (Fsp3) is 0.792. The van der Waals surface area contributed by atoms with Crippen LogP contribution in [-0.4, -0.2) is 37.2 Å². The molecule has 0 aromatic carbocycles. The van der Waals surface area contributed by atoms with Gasteiger partial charge in [-0.3, -0.25) is 14.4 Å². The van der Waals surface area contributed by atoms with E-state index in [0.29, 0.717) is 19.3 Å². The first-order chi connectivity index (χ1) is 29.0. The lowest BCUT2D eigenvalue weighted by molar-refractivity contribution is -0.167. The van der Waals surface area contributed by atoms with Crippen molar-refractivity contribution in [2.24, 2.45) is 0 Å². The van der Waals surface area contributed by atoms with Gasteiger partial charge in [0, 0.05) is 19.3 Å². The van der Waals surface area contributed by atoms with Crippen LogP contribution in [-0.2, 0) is 28.6 Å². The number of rotatable bonds is 45. The van der Waals surface area contributed by atoms with Gasteiger partial charge >= 0.3 is 17.9 Å². The minimum Gasteiger partial charge on any atom is -0.462 e. The van der Waals surface area contributed by atoms with Gasteiger partial charge in [-0.1, -0.05) is 223 Å². The van der Waals surface area contributed by atoms with Gasteiger partial charge in [0.1, 0.15) is 13.2 Å². The van der Waals surface area contributed by atoms with Crippen LogP contribution < -0.4 is 0 Å². The van der Waals surface area contributed by atoms with Crippen molar-refractivity contribution < 1.29 is 28.6 Å². The predicted octanol–water partition coefficient (Wildman–Crippen LogP) is 16.3. The molecule has 0 spiro atoms. The number of hydrogen-bond donors (Lipinski definition) is 0. The highest BCUT2D eigenvalue weighted by molar-refractivity contribution is 5.71. The normalized spacial score (nSPS) is 12.4. The number of carbonyl (C=O) groups excluding carboxylic acids is 3. The van der Waals surface area contributed by atoms with Crippen molar-refractivity contribution in [1.82, 2.24) is 0 Å². The molecule has 0 rings (SSSR count). The molecule has 1 atom stereocenters. The number of allylic oxidation sites excluding steroid dienone is 8. The first-order valence-corrected chi connectivity index (χ1v) is 25.1. The fourth-order valence-corrected chi connectivity index (χ4v) is 7.08. The Labute approximate surface area is 365 Å². The topological polar surface area (TPSA) is 78.9 Å². The monoisotopic (exact) mass is 827 g/mol. The first-order valence-electron chi connectivity index (χ1n) is 25.1. The molecule has 6 heteroatoms. The highest BCUT2D eigenvalue weighted by Gasteiger charge is 2.19. The van der Waals surface area contributed by atoms with Crippen LogP contribution in [0.4, 0.5) is 0 Å². The van der Waals surface area contributed by atoms with E-state index in [2.05, 4.69) is 69.4 Å². The second-order valence-corrected chi connectivity index (χ2v) is 16.7. The van der Waals surface area contributed by atoms with E-state index in [1.165, 1.54) is 122 Å². The summed E-state index contributed by atoms with van der Waals surface area (Å²) in [7, 11) is 0. The smallest absolute Gasteiger partial charge is 0.306 e. The lowest BCUT2D eigenvalue weighted by Crippen LogP contribution is -2.30. The van der Waals surface area contributed by atoms with Gasteiger partial charge in [0.25, 0.3) is 0 Å². The summed E-state index contributed by atoms with van der Waals surface area (Å²) >= 11 is 0. The number of carbonyl (C=O) groups is 3. The van der Waals surface area contributed by atoms with E-state index in [-0.39, 0.29) is 31.1 Å². The summed E-state index contributed by atoms with van der Waals surface area (Å²) in [5.74, 6) is -0.887. The summed E-state index contributed by atoms with van der Waals surface area (Å²) in [6.45, 7) is 6.49. The standard InChI is InChI=1S/C53H94O6/c1-4-7-10-13-16-19-21-23-25-26-27-28-29-31-32-34-37-40-43-46-52(55)58-49-50(48-57-51(54)45-42-39-36-18-15-12-9-6-3)59-53(56)47-44-41-38-35-33-30-24-22-20-17-14-11-8-5-2/h7,10,16,19,23,25,27-28,50H,4-6,8-9,11-15,17-18,20-22,24,26,29-49H2,1-3H3/b10-7-,19-16-,25-23-,28-27-. The van der Waals surface area contributed by atoms with Gasteiger partial charge in [-0.2, -0.15) is 0 Å². The van der Waals surface area contributed by atoms with E-state index >= 15 is 0 Å². The molecule has 342 valence electrons. The lowest BCUT2D eigenvalue weighted by Gasteiger charge is -2.18. The summed E-state index contributed by atoms with van der Waals surface area (Å²) in [5.41, 5.74) is 0. The molecule has 0 amide bonds. The molecule has 0 saturated carbocycles. The molecule has 0 aliphatic carbocycles. The summed E-state index contributed by atoms with van der Waals surface area (Å²) in [6, 6.07) is 0. The van der Waals surface area contributed by atoms with E-state index in [4.69, 9.17) is 14.2 Å². The number of hydrogen-bond acceptors (Lipinski definition) is 6. The second-order valence-electron chi connectivity index (χ2n) is 16.7. The Morgan fingerprint density at radius 2 is 0.661 bits per heavy atom. The van der Waals surface area contributed by atoms with Crippen LogP contribution in [0.25, 0.3) is 0 Å². The highest BCUT2D eigenvalue weighted by atomic mass is 16.6. The zero-order valence-corrected chi connectivity index (χ0v) is 39.0. The maximum Gasteiger partial charge on any atom is 0.306 e. The number of esters is 3. The molecule has 0 bridgehead atoms. The molecule has 0 aliphatic heterocycles. The zero-order chi connectivity index (χ0) is 43.0. The van der Waals surface area contributed by atoms with Crippen LogP contribution in [0.15, 0.2) is 48.6 Å². The van der Waals surface area contributed by atoms with Crippen molar-refractivity contribution in [2.45, 2.75) is 258 Å². The molecule has 0 N–H and O–H groups in total. The molecule has 0 saturated heterocycles. The van der Waals surface area contributed by atoms with Crippen LogP contribution in [0, 0.1) is 0 Å². The Kier molecular flexibility index (Phi) is 45.9.